The molecule has 2 atom stereocenters. The lowest BCUT2D eigenvalue weighted by Gasteiger charge is -2.26. The van der Waals surface area contributed by atoms with Crippen molar-refractivity contribution < 1.29 is 5.11 Å². The quantitative estimate of drug-likeness (QED) is 0.873. The van der Waals surface area contributed by atoms with Gasteiger partial charge in [-0.05, 0) is 42.8 Å². The lowest BCUT2D eigenvalue weighted by Crippen LogP contribution is -2.31. The summed E-state index contributed by atoms with van der Waals surface area (Å²) in [6.45, 7) is 1.09. The van der Waals surface area contributed by atoms with Crippen LogP contribution in [0.25, 0.3) is 10.8 Å². The molecule has 1 aliphatic rings. The fourth-order valence-electron chi connectivity index (χ4n) is 3.05. The van der Waals surface area contributed by atoms with Crippen LogP contribution in [0.15, 0.2) is 42.5 Å². The van der Waals surface area contributed by atoms with Crippen LogP contribution in [0.1, 0.15) is 24.5 Å². The van der Waals surface area contributed by atoms with Crippen molar-refractivity contribution in [2.24, 2.45) is 0 Å². The number of likely N-dealkylation sites (tertiary alicyclic amines) is 1. The van der Waals surface area contributed by atoms with E-state index < -0.39 is 0 Å². The molecule has 1 fully saturated rings. The Bertz CT molecular complexity index is 546. The summed E-state index contributed by atoms with van der Waals surface area (Å²) in [5, 5.41) is 13.0. The van der Waals surface area contributed by atoms with Gasteiger partial charge in [0, 0.05) is 6.04 Å². The Morgan fingerprint density at radius 3 is 2.72 bits per heavy atom. The van der Waals surface area contributed by atoms with Crippen molar-refractivity contribution in [3.63, 3.8) is 0 Å². The van der Waals surface area contributed by atoms with Gasteiger partial charge in [-0.2, -0.15) is 0 Å². The van der Waals surface area contributed by atoms with E-state index >= 15 is 0 Å². The highest BCUT2D eigenvalue weighted by Crippen LogP contribution is 2.32. The molecule has 0 aliphatic carbocycles. The summed E-state index contributed by atoms with van der Waals surface area (Å²) in [5.41, 5.74) is 1.06. The minimum Gasteiger partial charge on any atom is -0.387 e. The molecule has 0 bridgehead atoms. The standard InChI is InChI=1S/C16H19NO/c1-17-11-5-10-15(17)16(18)14-9-4-7-12-6-2-3-8-13(12)14/h2-4,6-9,15-16,18H,5,10-11H2,1H3/t15-,16+/m0/s1. The minimum absolute atomic E-state index is 0.260. The first kappa shape index (κ1) is 11.7. The second kappa shape index (κ2) is 4.71. The molecule has 0 radical (unpaired) electrons. The van der Waals surface area contributed by atoms with Crippen LogP contribution < -0.4 is 0 Å². The van der Waals surface area contributed by atoms with Crippen molar-refractivity contribution in [1.82, 2.24) is 4.90 Å². The van der Waals surface area contributed by atoms with Gasteiger partial charge in [-0.15, -0.1) is 0 Å². The zero-order valence-corrected chi connectivity index (χ0v) is 10.7. The number of hydrogen-bond donors (Lipinski definition) is 1. The average Bonchev–Trinajstić information content (AvgIpc) is 2.83. The first-order chi connectivity index (χ1) is 8.77. The Morgan fingerprint density at radius 1 is 1.17 bits per heavy atom. The van der Waals surface area contributed by atoms with E-state index in [1.54, 1.807) is 0 Å². The molecule has 0 saturated carbocycles. The Balaban J connectivity index is 2.03. The first-order valence-corrected chi connectivity index (χ1v) is 6.63. The zero-order valence-electron chi connectivity index (χ0n) is 10.7. The number of fused-ring (bicyclic) bond motifs is 1. The van der Waals surface area contributed by atoms with Gasteiger partial charge < -0.3 is 10.0 Å². The maximum atomic E-state index is 10.6. The molecule has 0 amide bonds. The van der Waals surface area contributed by atoms with Gasteiger partial charge in [-0.25, -0.2) is 0 Å². The van der Waals surface area contributed by atoms with Crippen molar-refractivity contribution in [1.29, 1.82) is 0 Å². The molecule has 1 N–H and O–H groups in total. The van der Waals surface area contributed by atoms with E-state index in [9.17, 15) is 5.11 Å². The lowest BCUT2D eigenvalue weighted by atomic mass is 9.95. The second-order valence-electron chi connectivity index (χ2n) is 5.20. The summed E-state index contributed by atoms with van der Waals surface area (Å²) >= 11 is 0. The molecule has 1 heterocycles. The van der Waals surface area contributed by atoms with Crippen LogP contribution in [-0.2, 0) is 0 Å². The molecule has 94 valence electrons. The number of benzene rings is 2. The van der Waals surface area contributed by atoms with Gasteiger partial charge >= 0.3 is 0 Å². The van der Waals surface area contributed by atoms with Crippen molar-refractivity contribution in [2.45, 2.75) is 25.0 Å². The molecular weight excluding hydrogens is 222 g/mol. The van der Waals surface area contributed by atoms with E-state index in [1.165, 1.54) is 17.2 Å². The van der Waals surface area contributed by atoms with E-state index in [-0.39, 0.29) is 12.1 Å². The monoisotopic (exact) mass is 241 g/mol. The number of nitrogens with zero attached hydrogens (tertiary/aromatic N) is 1. The van der Waals surface area contributed by atoms with Crippen molar-refractivity contribution >= 4 is 10.8 Å². The summed E-state index contributed by atoms with van der Waals surface area (Å²) < 4.78 is 0. The van der Waals surface area contributed by atoms with Crippen LogP contribution in [0.3, 0.4) is 0 Å². The molecule has 1 aliphatic heterocycles. The minimum atomic E-state index is -0.386. The number of likely N-dealkylation sites (N-methyl/N-ethyl adjacent to an activating group) is 1. The summed E-state index contributed by atoms with van der Waals surface area (Å²) in [5.74, 6) is 0. The van der Waals surface area contributed by atoms with E-state index in [2.05, 4.69) is 36.2 Å². The van der Waals surface area contributed by atoms with Crippen LogP contribution in [0.2, 0.25) is 0 Å². The average molecular weight is 241 g/mol. The summed E-state index contributed by atoms with van der Waals surface area (Å²) in [4.78, 5) is 2.27. The van der Waals surface area contributed by atoms with Crippen molar-refractivity contribution in [2.75, 3.05) is 13.6 Å². The molecule has 1 saturated heterocycles. The summed E-state index contributed by atoms with van der Waals surface area (Å²) in [6.07, 6.45) is 1.88. The van der Waals surface area contributed by atoms with Crippen LogP contribution in [0.5, 0.6) is 0 Å². The predicted molar refractivity (Wildman–Crippen MR) is 74.6 cm³/mol. The van der Waals surface area contributed by atoms with Crippen LogP contribution >= 0.6 is 0 Å². The van der Waals surface area contributed by atoms with E-state index in [0.717, 1.165) is 18.5 Å². The molecule has 3 rings (SSSR count). The fraction of sp³-hybridized carbons (Fsp3) is 0.375. The van der Waals surface area contributed by atoms with Gasteiger partial charge in [0.2, 0.25) is 0 Å². The molecule has 0 spiro atoms. The third-order valence-corrected chi connectivity index (χ3v) is 4.08. The number of aliphatic hydroxyl groups excluding tert-OH is 1. The number of rotatable bonds is 2. The maximum Gasteiger partial charge on any atom is 0.0951 e. The van der Waals surface area contributed by atoms with Gasteiger partial charge in [-0.1, -0.05) is 42.5 Å². The van der Waals surface area contributed by atoms with E-state index in [0.29, 0.717) is 0 Å². The Labute approximate surface area is 108 Å². The summed E-state index contributed by atoms with van der Waals surface area (Å²) in [6, 6.07) is 14.7. The lowest BCUT2D eigenvalue weighted by molar-refractivity contribution is 0.0868. The first-order valence-electron chi connectivity index (χ1n) is 6.63. The molecule has 2 aromatic rings. The highest BCUT2D eigenvalue weighted by atomic mass is 16.3. The van der Waals surface area contributed by atoms with Gasteiger partial charge in [0.1, 0.15) is 0 Å². The van der Waals surface area contributed by atoms with Gasteiger partial charge in [0.15, 0.2) is 0 Å². The third kappa shape index (κ3) is 1.92. The van der Waals surface area contributed by atoms with Crippen LogP contribution in [-0.4, -0.2) is 29.6 Å². The third-order valence-electron chi connectivity index (χ3n) is 4.08. The largest absolute Gasteiger partial charge is 0.387 e. The normalized spacial score (nSPS) is 22.4. The topological polar surface area (TPSA) is 23.5 Å². The molecule has 2 aromatic carbocycles. The highest BCUT2D eigenvalue weighted by molar-refractivity contribution is 5.86. The van der Waals surface area contributed by atoms with Gasteiger partial charge in [0.25, 0.3) is 0 Å². The van der Waals surface area contributed by atoms with Crippen LogP contribution in [0, 0.1) is 0 Å². The molecule has 2 heteroatoms. The second-order valence-corrected chi connectivity index (χ2v) is 5.20. The Hall–Kier alpha value is -1.38. The number of hydrogen-bond acceptors (Lipinski definition) is 2. The molecule has 2 nitrogen and oxygen atoms in total. The summed E-state index contributed by atoms with van der Waals surface area (Å²) in [7, 11) is 2.10. The highest BCUT2D eigenvalue weighted by Gasteiger charge is 2.29. The Kier molecular flexibility index (Phi) is 3.06. The van der Waals surface area contributed by atoms with Crippen molar-refractivity contribution in [3.8, 4) is 0 Å². The van der Waals surface area contributed by atoms with Gasteiger partial charge in [-0.3, -0.25) is 0 Å². The molecule has 18 heavy (non-hydrogen) atoms. The van der Waals surface area contributed by atoms with E-state index in [4.69, 9.17) is 0 Å². The van der Waals surface area contributed by atoms with E-state index in [1.807, 2.05) is 18.2 Å². The SMILES string of the molecule is CN1CCC[C@H]1[C@H](O)c1cccc2ccccc12. The fourth-order valence-corrected chi connectivity index (χ4v) is 3.05. The van der Waals surface area contributed by atoms with Gasteiger partial charge in [0.05, 0.1) is 6.10 Å². The molecule has 0 aromatic heterocycles. The maximum absolute atomic E-state index is 10.6. The van der Waals surface area contributed by atoms with Crippen LogP contribution in [0.4, 0.5) is 0 Å². The molecule has 0 unspecified atom stereocenters. The molecular formula is C16H19NO. The number of aliphatic hydroxyl groups is 1. The smallest absolute Gasteiger partial charge is 0.0951 e. The van der Waals surface area contributed by atoms with Crippen molar-refractivity contribution in [3.05, 3.63) is 48.0 Å². The predicted octanol–water partition coefficient (Wildman–Crippen LogP) is 2.97. The zero-order chi connectivity index (χ0) is 12.5. The Morgan fingerprint density at radius 2 is 1.94 bits per heavy atom.